The van der Waals surface area contributed by atoms with Gasteiger partial charge in [0.25, 0.3) is 0 Å². The van der Waals surface area contributed by atoms with E-state index >= 15 is 0 Å². The molecule has 0 bridgehead atoms. The Kier molecular flexibility index (Phi) is 5.83. The van der Waals surface area contributed by atoms with Crippen molar-refractivity contribution in [1.82, 2.24) is 14.5 Å². The number of carbonyl (C=O) groups excluding carboxylic acids is 2. The average Bonchev–Trinajstić information content (AvgIpc) is 3.13. The fourth-order valence-corrected chi connectivity index (χ4v) is 4.91. The molecule has 0 unspecified atom stereocenters. The highest BCUT2D eigenvalue weighted by molar-refractivity contribution is 6.03. The van der Waals surface area contributed by atoms with Gasteiger partial charge in [-0.05, 0) is 45.4 Å². The number of carbonyl (C=O) groups is 2. The number of benzene rings is 2. The zero-order valence-corrected chi connectivity index (χ0v) is 19.3. The number of allylic oxidation sites excluding steroid dienone is 4. The van der Waals surface area contributed by atoms with Crippen LogP contribution >= 0.6 is 0 Å². The minimum absolute atomic E-state index is 0.0150. The standard InChI is InChI=1S/C27H29N3O2/c1-6-24-28-22-14-10-11-15-23(22)30(24)16-29-17(2)25(19(4)31)27(21-12-8-7-9-13-21)26(18(29)3)20(5)32/h7-15,27H,6,16H2,1-5H3. The highest BCUT2D eigenvalue weighted by Crippen LogP contribution is 2.42. The summed E-state index contributed by atoms with van der Waals surface area (Å²) in [4.78, 5) is 32.7. The molecule has 0 fully saturated rings. The molecule has 5 heteroatoms. The fourth-order valence-electron chi connectivity index (χ4n) is 4.91. The van der Waals surface area contributed by atoms with Crippen LogP contribution < -0.4 is 0 Å². The first kappa shape index (κ1) is 21.8. The van der Waals surface area contributed by atoms with Gasteiger partial charge in [-0.2, -0.15) is 0 Å². The molecule has 0 saturated carbocycles. The van der Waals surface area contributed by atoms with Crippen LogP contribution in [0.4, 0.5) is 0 Å². The van der Waals surface area contributed by atoms with E-state index in [9.17, 15) is 9.59 Å². The molecule has 2 heterocycles. The zero-order chi connectivity index (χ0) is 23.0. The molecule has 1 aliphatic heterocycles. The van der Waals surface area contributed by atoms with Gasteiger partial charge in [0, 0.05) is 34.9 Å². The minimum Gasteiger partial charge on any atom is -0.330 e. The highest BCUT2D eigenvalue weighted by atomic mass is 16.1. The van der Waals surface area contributed by atoms with Gasteiger partial charge in [-0.3, -0.25) is 9.59 Å². The largest absolute Gasteiger partial charge is 0.330 e. The number of nitrogens with zero attached hydrogens (tertiary/aromatic N) is 3. The van der Waals surface area contributed by atoms with Gasteiger partial charge in [0.1, 0.15) is 12.5 Å². The fraction of sp³-hybridized carbons (Fsp3) is 0.296. The van der Waals surface area contributed by atoms with Crippen molar-refractivity contribution in [1.29, 1.82) is 0 Å². The topological polar surface area (TPSA) is 55.2 Å². The van der Waals surface area contributed by atoms with Gasteiger partial charge < -0.3 is 9.47 Å². The third-order valence-corrected chi connectivity index (χ3v) is 6.39. The van der Waals surface area contributed by atoms with Crippen LogP contribution in [0, 0.1) is 0 Å². The lowest BCUT2D eigenvalue weighted by atomic mass is 9.77. The first-order chi connectivity index (χ1) is 15.3. The number of rotatable bonds is 6. The Morgan fingerprint density at radius 1 is 0.875 bits per heavy atom. The number of hydrogen-bond donors (Lipinski definition) is 0. The second-order valence-corrected chi connectivity index (χ2v) is 8.32. The van der Waals surface area contributed by atoms with E-state index in [1.54, 1.807) is 13.8 Å². The van der Waals surface area contributed by atoms with E-state index in [1.807, 2.05) is 62.4 Å². The van der Waals surface area contributed by atoms with E-state index in [0.717, 1.165) is 40.2 Å². The van der Waals surface area contributed by atoms with Crippen molar-refractivity contribution >= 4 is 22.6 Å². The third kappa shape index (κ3) is 3.58. The Bertz CT molecular complexity index is 1230. The number of ketones is 2. The minimum atomic E-state index is -0.354. The zero-order valence-electron chi connectivity index (χ0n) is 19.3. The third-order valence-electron chi connectivity index (χ3n) is 6.39. The molecule has 2 aromatic carbocycles. The maximum absolute atomic E-state index is 12.9. The maximum Gasteiger partial charge on any atom is 0.158 e. The molecule has 0 spiro atoms. The number of para-hydroxylation sites is 2. The van der Waals surface area contributed by atoms with Crippen molar-refractivity contribution in [3.05, 3.63) is 88.5 Å². The summed E-state index contributed by atoms with van der Waals surface area (Å²) in [6.07, 6.45) is 0.791. The first-order valence-corrected chi connectivity index (χ1v) is 11.0. The van der Waals surface area contributed by atoms with E-state index in [2.05, 4.69) is 22.5 Å². The Morgan fingerprint density at radius 3 is 2.00 bits per heavy atom. The van der Waals surface area contributed by atoms with E-state index in [0.29, 0.717) is 17.8 Å². The molecule has 4 rings (SSSR count). The van der Waals surface area contributed by atoms with Crippen LogP contribution in [0.3, 0.4) is 0 Å². The summed E-state index contributed by atoms with van der Waals surface area (Å²) >= 11 is 0. The maximum atomic E-state index is 12.9. The lowest BCUT2D eigenvalue weighted by molar-refractivity contribution is -0.114. The van der Waals surface area contributed by atoms with Crippen LogP contribution in [0.25, 0.3) is 11.0 Å². The summed E-state index contributed by atoms with van der Waals surface area (Å²) in [5, 5.41) is 0. The summed E-state index contributed by atoms with van der Waals surface area (Å²) in [5.74, 6) is 0.593. The monoisotopic (exact) mass is 427 g/mol. The summed E-state index contributed by atoms with van der Waals surface area (Å²) in [5.41, 5.74) is 6.07. The number of fused-ring (bicyclic) bond motifs is 1. The smallest absolute Gasteiger partial charge is 0.158 e. The van der Waals surface area contributed by atoms with Crippen molar-refractivity contribution in [2.75, 3.05) is 0 Å². The molecule has 164 valence electrons. The Balaban J connectivity index is 1.91. The lowest BCUT2D eigenvalue weighted by Gasteiger charge is -2.38. The van der Waals surface area contributed by atoms with Gasteiger partial charge in [-0.15, -0.1) is 0 Å². The van der Waals surface area contributed by atoms with Gasteiger partial charge >= 0.3 is 0 Å². The first-order valence-electron chi connectivity index (χ1n) is 11.0. The molecule has 0 radical (unpaired) electrons. The summed E-state index contributed by atoms with van der Waals surface area (Å²) in [6, 6.07) is 17.9. The molecular weight excluding hydrogens is 398 g/mol. The second-order valence-electron chi connectivity index (χ2n) is 8.32. The Morgan fingerprint density at radius 2 is 1.44 bits per heavy atom. The average molecular weight is 428 g/mol. The molecule has 1 aliphatic rings. The SMILES string of the molecule is CCc1nc2ccccc2n1CN1C(C)=C(C(C)=O)C(c2ccccc2)C(C(C)=O)=C1C. The van der Waals surface area contributed by atoms with E-state index in [1.165, 1.54) is 0 Å². The molecule has 32 heavy (non-hydrogen) atoms. The molecule has 0 saturated heterocycles. The van der Waals surface area contributed by atoms with E-state index in [4.69, 9.17) is 4.98 Å². The molecule has 0 aliphatic carbocycles. The summed E-state index contributed by atoms with van der Waals surface area (Å²) < 4.78 is 2.18. The van der Waals surface area contributed by atoms with Crippen molar-refractivity contribution in [3.8, 4) is 0 Å². The predicted molar refractivity (Wildman–Crippen MR) is 127 cm³/mol. The Hall–Kier alpha value is -3.47. The normalized spacial score (nSPS) is 15.1. The van der Waals surface area contributed by atoms with Crippen LogP contribution in [0.2, 0.25) is 0 Å². The summed E-state index contributed by atoms with van der Waals surface area (Å²) in [6.45, 7) is 9.74. The van der Waals surface area contributed by atoms with Crippen LogP contribution in [0.5, 0.6) is 0 Å². The van der Waals surface area contributed by atoms with E-state index < -0.39 is 0 Å². The van der Waals surface area contributed by atoms with Gasteiger partial charge in [-0.1, -0.05) is 49.4 Å². The van der Waals surface area contributed by atoms with Crippen molar-refractivity contribution in [2.45, 2.75) is 53.6 Å². The second kappa shape index (κ2) is 8.58. The highest BCUT2D eigenvalue weighted by Gasteiger charge is 2.36. The molecule has 0 N–H and O–H groups in total. The number of hydrogen-bond acceptors (Lipinski definition) is 4. The number of aryl methyl sites for hydroxylation is 1. The van der Waals surface area contributed by atoms with Crippen LogP contribution in [-0.2, 0) is 22.7 Å². The molecule has 0 amide bonds. The van der Waals surface area contributed by atoms with Gasteiger partial charge in [-0.25, -0.2) is 4.98 Å². The molecular formula is C27H29N3O2. The van der Waals surface area contributed by atoms with Gasteiger partial charge in [0.15, 0.2) is 11.6 Å². The number of Topliss-reactive ketones (excluding diaryl/α,β-unsaturated/α-hetero) is 2. The van der Waals surface area contributed by atoms with Crippen LogP contribution in [-0.4, -0.2) is 26.0 Å². The number of imidazole rings is 1. The quantitative estimate of drug-likeness (QED) is 0.530. The lowest BCUT2D eigenvalue weighted by Crippen LogP contribution is -2.35. The van der Waals surface area contributed by atoms with Gasteiger partial charge in [0.05, 0.1) is 11.0 Å². The Labute approximate surface area is 189 Å². The van der Waals surface area contributed by atoms with Crippen molar-refractivity contribution < 1.29 is 9.59 Å². The van der Waals surface area contributed by atoms with Crippen molar-refractivity contribution in [3.63, 3.8) is 0 Å². The van der Waals surface area contributed by atoms with E-state index in [-0.39, 0.29) is 17.5 Å². The molecule has 3 aromatic rings. The van der Waals surface area contributed by atoms with Crippen LogP contribution in [0.15, 0.2) is 77.1 Å². The summed E-state index contributed by atoms with van der Waals surface area (Å²) in [7, 11) is 0. The molecule has 5 nitrogen and oxygen atoms in total. The molecule has 0 atom stereocenters. The van der Waals surface area contributed by atoms with Crippen molar-refractivity contribution in [2.24, 2.45) is 0 Å². The predicted octanol–water partition coefficient (Wildman–Crippen LogP) is 5.38. The molecule has 1 aromatic heterocycles. The number of aromatic nitrogens is 2. The van der Waals surface area contributed by atoms with Crippen LogP contribution in [0.1, 0.15) is 51.9 Å². The van der Waals surface area contributed by atoms with Gasteiger partial charge in [0.2, 0.25) is 0 Å².